The number of carbonyl (C=O) groups excluding carboxylic acids is 1. The van der Waals surface area contributed by atoms with Gasteiger partial charge in [-0.15, -0.1) is 11.3 Å². The zero-order chi connectivity index (χ0) is 29.9. The summed E-state index contributed by atoms with van der Waals surface area (Å²) in [5.74, 6) is -0.00243. The van der Waals surface area contributed by atoms with E-state index in [1.165, 1.54) is 24.5 Å². The van der Waals surface area contributed by atoms with E-state index in [1.54, 1.807) is 23.8 Å². The molecule has 0 saturated heterocycles. The lowest BCUT2D eigenvalue weighted by molar-refractivity contribution is -0.126. The normalized spacial score (nSPS) is 19.0. The van der Waals surface area contributed by atoms with E-state index in [-0.39, 0.29) is 41.9 Å². The molecule has 3 heterocycles. The second kappa shape index (κ2) is 12.8. The Morgan fingerprint density at radius 3 is 2.74 bits per heavy atom. The standard InChI is InChI=1S/C32H41FN4O4S/c1-31(2,3)13-21-11-23-26(14-32(8-5-9-32)41-30(23)36-15-21)35-16-27(38)25(37-29(39)18-40-4)12-20-6-7-24(33)22(10-20)28-17-34-19-42-28/h6-7,10-11,15,17,19,25-27,35,38H,5,8-9,12-14,16,18H2,1-4H3,(H,37,39)/t25-,26-,27+/m0/s1. The number of hydrogen-bond donors (Lipinski definition) is 3. The van der Waals surface area contributed by atoms with E-state index in [0.717, 1.165) is 53.7 Å². The summed E-state index contributed by atoms with van der Waals surface area (Å²) in [7, 11) is 1.45. The second-order valence-corrected chi connectivity index (χ2v) is 13.7. The molecule has 0 bridgehead atoms. The maximum atomic E-state index is 14.6. The number of aliphatic hydroxyl groups excluding tert-OH is 1. The first-order chi connectivity index (χ1) is 20.0. The number of hydrogen-bond acceptors (Lipinski definition) is 8. The van der Waals surface area contributed by atoms with Crippen LogP contribution in [0, 0.1) is 11.2 Å². The number of amides is 1. The van der Waals surface area contributed by atoms with Gasteiger partial charge in [0.2, 0.25) is 11.8 Å². The number of thiazole rings is 1. The minimum absolute atomic E-state index is 0.0461. The van der Waals surface area contributed by atoms with Crippen LogP contribution in [0.1, 0.15) is 69.2 Å². The first-order valence-corrected chi connectivity index (χ1v) is 15.5. The van der Waals surface area contributed by atoms with Crippen molar-refractivity contribution >= 4 is 17.2 Å². The lowest BCUT2D eigenvalue weighted by Gasteiger charge is -2.47. The van der Waals surface area contributed by atoms with E-state index >= 15 is 0 Å². The number of aliphatic hydroxyl groups is 1. The van der Waals surface area contributed by atoms with E-state index in [1.807, 2.05) is 6.20 Å². The Labute approximate surface area is 251 Å². The number of pyridine rings is 1. The topological polar surface area (TPSA) is 106 Å². The molecule has 1 fully saturated rings. The first kappa shape index (κ1) is 30.5. The number of fused-ring (bicyclic) bond motifs is 1. The van der Waals surface area contributed by atoms with Crippen molar-refractivity contribution in [3.8, 4) is 16.3 Å². The second-order valence-electron chi connectivity index (χ2n) is 12.8. The quantitative estimate of drug-likeness (QED) is 0.286. The van der Waals surface area contributed by atoms with Crippen molar-refractivity contribution in [2.75, 3.05) is 20.3 Å². The summed E-state index contributed by atoms with van der Waals surface area (Å²) in [6, 6.07) is 6.38. The van der Waals surface area contributed by atoms with E-state index in [0.29, 0.717) is 17.9 Å². The molecular weight excluding hydrogens is 555 g/mol. The van der Waals surface area contributed by atoms with Crippen molar-refractivity contribution in [2.24, 2.45) is 5.41 Å². The Balaban J connectivity index is 1.34. The predicted molar refractivity (Wildman–Crippen MR) is 161 cm³/mol. The van der Waals surface area contributed by atoms with E-state index < -0.39 is 12.1 Å². The van der Waals surface area contributed by atoms with Gasteiger partial charge in [0.15, 0.2) is 0 Å². The maximum absolute atomic E-state index is 14.6. The molecule has 2 aliphatic rings. The summed E-state index contributed by atoms with van der Waals surface area (Å²) in [5, 5.41) is 17.9. The van der Waals surface area contributed by atoms with Gasteiger partial charge in [-0.2, -0.15) is 0 Å². The first-order valence-electron chi connectivity index (χ1n) is 14.6. The molecule has 1 aliphatic heterocycles. The largest absolute Gasteiger partial charge is 0.471 e. The highest BCUT2D eigenvalue weighted by atomic mass is 32.1. The molecule has 0 unspecified atom stereocenters. The van der Waals surface area contributed by atoms with E-state index in [2.05, 4.69) is 42.5 Å². The summed E-state index contributed by atoms with van der Waals surface area (Å²) < 4.78 is 26.1. The number of nitrogens with one attached hydrogen (secondary N) is 2. The van der Waals surface area contributed by atoms with Crippen molar-refractivity contribution in [2.45, 2.75) is 83.1 Å². The molecule has 5 rings (SSSR count). The minimum atomic E-state index is -0.919. The molecule has 10 heteroatoms. The van der Waals surface area contributed by atoms with Crippen LogP contribution in [0.5, 0.6) is 5.88 Å². The van der Waals surface area contributed by atoms with Crippen LogP contribution in [0.4, 0.5) is 4.39 Å². The van der Waals surface area contributed by atoms with Crippen molar-refractivity contribution < 1.29 is 23.8 Å². The van der Waals surface area contributed by atoms with Crippen LogP contribution >= 0.6 is 11.3 Å². The SMILES string of the molecule is COCC(=O)N[C@@H](Cc1ccc(F)c(-c2cncs2)c1)[C@H](O)CN[C@H]1CC2(CCC2)Oc2ncc(CC(C)(C)C)cc21. The van der Waals surface area contributed by atoms with Gasteiger partial charge >= 0.3 is 0 Å². The van der Waals surface area contributed by atoms with Crippen molar-refractivity contribution in [1.29, 1.82) is 0 Å². The van der Waals surface area contributed by atoms with Crippen LogP contribution in [-0.2, 0) is 22.4 Å². The van der Waals surface area contributed by atoms with Gasteiger partial charge in [-0.25, -0.2) is 9.37 Å². The molecule has 3 N–H and O–H groups in total. The Bertz CT molecular complexity index is 1370. The number of nitrogens with zero attached hydrogens (tertiary/aromatic N) is 2. The van der Waals surface area contributed by atoms with Crippen LogP contribution in [0.2, 0.25) is 0 Å². The number of benzene rings is 1. The average Bonchev–Trinajstić information content (AvgIpc) is 3.45. The fourth-order valence-corrected chi connectivity index (χ4v) is 6.55. The minimum Gasteiger partial charge on any atom is -0.471 e. The van der Waals surface area contributed by atoms with Gasteiger partial charge in [-0.05, 0) is 66.8 Å². The Kier molecular flexibility index (Phi) is 9.27. The van der Waals surface area contributed by atoms with Gasteiger partial charge in [-0.1, -0.05) is 26.8 Å². The summed E-state index contributed by atoms with van der Waals surface area (Å²) in [4.78, 5) is 22.1. The van der Waals surface area contributed by atoms with Crippen LogP contribution in [0.25, 0.3) is 10.4 Å². The Morgan fingerprint density at radius 1 is 1.26 bits per heavy atom. The van der Waals surface area contributed by atoms with Gasteiger partial charge in [0, 0.05) is 49.6 Å². The molecule has 1 saturated carbocycles. The zero-order valence-corrected chi connectivity index (χ0v) is 25.6. The summed E-state index contributed by atoms with van der Waals surface area (Å²) in [6.45, 7) is 6.74. The third-order valence-electron chi connectivity index (χ3n) is 8.04. The number of rotatable bonds is 11. The van der Waals surface area contributed by atoms with Gasteiger partial charge in [0.1, 0.15) is 18.0 Å². The molecule has 0 radical (unpaired) electrons. The maximum Gasteiger partial charge on any atom is 0.246 e. The summed E-state index contributed by atoms with van der Waals surface area (Å²) in [6.07, 6.45) is 7.73. The molecule has 3 aromatic rings. The average molecular weight is 597 g/mol. The molecule has 1 amide bonds. The lowest BCUT2D eigenvalue weighted by atomic mass is 9.73. The van der Waals surface area contributed by atoms with Crippen LogP contribution < -0.4 is 15.4 Å². The molecule has 1 aliphatic carbocycles. The van der Waals surface area contributed by atoms with Crippen LogP contribution in [0.15, 0.2) is 42.2 Å². The number of carbonyl (C=O) groups is 1. The van der Waals surface area contributed by atoms with Crippen LogP contribution in [0.3, 0.4) is 0 Å². The summed E-state index contributed by atoms with van der Waals surface area (Å²) >= 11 is 1.36. The third kappa shape index (κ3) is 7.34. The molecule has 1 aromatic carbocycles. The van der Waals surface area contributed by atoms with E-state index in [9.17, 15) is 14.3 Å². The fraction of sp³-hybridized carbons (Fsp3) is 0.531. The van der Waals surface area contributed by atoms with Crippen molar-refractivity contribution in [1.82, 2.24) is 20.6 Å². The zero-order valence-electron chi connectivity index (χ0n) is 24.8. The van der Waals surface area contributed by atoms with Gasteiger partial charge in [-0.3, -0.25) is 9.78 Å². The molecule has 3 atom stereocenters. The highest BCUT2D eigenvalue weighted by Crippen LogP contribution is 2.48. The Morgan fingerprint density at radius 2 is 2.07 bits per heavy atom. The number of methoxy groups -OCH3 is 1. The number of ether oxygens (including phenoxy) is 2. The molecule has 1 spiro atoms. The molecule has 8 nitrogen and oxygen atoms in total. The van der Waals surface area contributed by atoms with Gasteiger partial charge in [0.05, 0.1) is 22.5 Å². The molecular formula is C32H41FN4O4S. The highest BCUT2D eigenvalue weighted by Gasteiger charge is 2.46. The van der Waals surface area contributed by atoms with Crippen molar-refractivity contribution in [3.05, 3.63) is 64.7 Å². The number of halogens is 1. The smallest absolute Gasteiger partial charge is 0.246 e. The van der Waals surface area contributed by atoms with Crippen LogP contribution in [-0.4, -0.2) is 59.0 Å². The monoisotopic (exact) mass is 596 g/mol. The molecule has 2 aromatic heterocycles. The van der Waals surface area contributed by atoms with E-state index in [4.69, 9.17) is 14.5 Å². The third-order valence-corrected chi connectivity index (χ3v) is 8.85. The predicted octanol–water partition coefficient (Wildman–Crippen LogP) is 5.00. The fourth-order valence-electron chi connectivity index (χ4n) is 5.91. The summed E-state index contributed by atoms with van der Waals surface area (Å²) in [5.41, 5.74) is 4.97. The Hall–Kier alpha value is -2.92. The molecule has 226 valence electrons. The van der Waals surface area contributed by atoms with Crippen molar-refractivity contribution in [3.63, 3.8) is 0 Å². The molecule has 42 heavy (non-hydrogen) atoms. The number of aromatic nitrogens is 2. The van der Waals surface area contributed by atoms with Gasteiger partial charge in [0.25, 0.3) is 0 Å². The lowest BCUT2D eigenvalue weighted by Crippen LogP contribution is -2.52. The van der Waals surface area contributed by atoms with Gasteiger partial charge < -0.3 is 25.2 Å². The highest BCUT2D eigenvalue weighted by molar-refractivity contribution is 7.13.